The largest absolute Gasteiger partial charge is 0.384 e. The van der Waals surface area contributed by atoms with Crippen LogP contribution < -0.4 is 11.1 Å². The molecule has 0 radical (unpaired) electrons. The van der Waals surface area contributed by atoms with Gasteiger partial charge in [0.25, 0.3) is 0 Å². The molecule has 2 aromatic rings. The first kappa shape index (κ1) is 14.7. The van der Waals surface area contributed by atoms with Gasteiger partial charge in [-0.25, -0.2) is 14.4 Å². The van der Waals surface area contributed by atoms with E-state index in [-0.39, 0.29) is 11.9 Å². The Morgan fingerprint density at radius 2 is 2.18 bits per heavy atom. The second kappa shape index (κ2) is 6.70. The summed E-state index contributed by atoms with van der Waals surface area (Å²) >= 11 is 0. The van der Waals surface area contributed by atoms with Crippen LogP contribution in [0.5, 0.6) is 0 Å². The van der Waals surface area contributed by atoms with E-state index >= 15 is 0 Å². The van der Waals surface area contributed by atoms with E-state index in [2.05, 4.69) is 20.2 Å². The van der Waals surface area contributed by atoms with Gasteiger partial charge in [0.1, 0.15) is 23.8 Å². The molecule has 6 heteroatoms. The predicted octanol–water partition coefficient (Wildman–Crippen LogP) is 2.27. The van der Waals surface area contributed by atoms with Gasteiger partial charge in [0.2, 0.25) is 0 Å². The van der Waals surface area contributed by atoms with Crippen molar-refractivity contribution in [3.63, 3.8) is 0 Å². The van der Waals surface area contributed by atoms with Crippen LogP contribution in [0.1, 0.15) is 18.4 Å². The van der Waals surface area contributed by atoms with Crippen LogP contribution in [0.3, 0.4) is 0 Å². The molecule has 2 heterocycles. The summed E-state index contributed by atoms with van der Waals surface area (Å²) in [5.41, 5.74) is 6.41. The lowest BCUT2D eigenvalue weighted by molar-refractivity contribution is 0.206. The number of nitrogens with one attached hydrogen (secondary N) is 1. The highest BCUT2D eigenvalue weighted by Crippen LogP contribution is 2.18. The highest BCUT2D eigenvalue weighted by atomic mass is 19.1. The number of nitrogen functional groups attached to an aromatic ring is 1. The van der Waals surface area contributed by atoms with Crippen LogP contribution in [0.2, 0.25) is 0 Å². The van der Waals surface area contributed by atoms with Crippen LogP contribution in [0.15, 0.2) is 36.7 Å². The minimum absolute atomic E-state index is 0.138. The number of anilines is 2. The zero-order valence-corrected chi connectivity index (χ0v) is 12.4. The molecule has 5 nitrogen and oxygen atoms in total. The van der Waals surface area contributed by atoms with Gasteiger partial charge in [-0.15, -0.1) is 0 Å². The maximum Gasteiger partial charge on any atom is 0.131 e. The molecule has 0 aliphatic carbocycles. The summed E-state index contributed by atoms with van der Waals surface area (Å²) in [7, 11) is 0. The van der Waals surface area contributed by atoms with Gasteiger partial charge in [-0.1, -0.05) is 18.2 Å². The fourth-order valence-electron chi connectivity index (χ4n) is 2.84. The van der Waals surface area contributed by atoms with Crippen LogP contribution in [0.25, 0.3) is 0 Å². The van der Waals surface area contributed by atoms with Crippen LogP contribution in [0.4, 0.5) is 16.0 Å². The molecule has 1 aliphatic rings. The number of benzene rings is 1. The number of nitrogens with two attached hydrogens (primary N) is 1. The quantitative estimate of drug-likeness (QED) is 0.907. The van der Waals surface area contributed by atoms with Crippen LogP contribution in [-0.2, 0) is 6.54 Å². The number of nitrogens with zero attached hydrogens (tertiary/aromatic N) is 3. The molecule has 22 heavy (non-hydrogen) atoms. The highest BCUT2D eigenvalue weighted by molar-refractivity contribution is 5.44. The predicted molar refractivity (Wildman–Crippen MR) is 84.8 cm³/mol. The van der Waals surface area contributed by atoms with E-state index in [0.717, 1.165) is 37.3 Å². The Morgan fingerprint density at radius 1 is 1.32 bits per heavy atom. The molecule has 0 bridgehead atoms. The van der Waals surface area contributed by atoms with Crippen LogP contribution in [-0.4, -0.2) is 34.0 Å². The number of likely N-dealkylation sites (tertiary alicyclic amines) is 1. The van der Waals surface area contributed by atoms with E-state index in [1.54, 1.807) is 12.1 Å². The highest BCUT2D eigenvalue weighted by Gasteiger charge is 2.21. The van der Waals surface area contributed by atoms with Crippen molar-refractivity contribution in [2.24, 2.45) is 0 Å². The molecule has 1 aliphatic heterocycles. The fourth-order valence-corrected chi connectivity index (χ4v) is 2.84. The maximum absolute atomic E-state index is 13.8. The molecule has 1 atom stereocenters. The summed E-state index contributed by atoms with van der Waals surface area (Å²) in [6.45, 7) is 2.48. The Kier molecular flexibility index (Phi) is 4.48. The van der Waals surface area contributed by atoms with Crippen molar-refractivity contribution < 1.29 is 4.39 Å². The Morgan fingerprint density at radius 3 is 3.00 bits per heavy atom. The first-order valence-corrected chi connectivity index (χ1v) is 7.50. The zero-order chi connectivity index (χ0) is 15.4. The van der Waals surface area contributed by atoms with Crippen molar-refractivity contribution >= 4 is 11.6 Å². The molecule has 3 N–H and O–H groups in total. The summed E-state index contributed by atoms with van der Waals surface area (Å²) in [5, 5.41) is 3.39. The van der Waals surface area contributed by atoms with Gasteiger partial charge in [0.05, 0.1) is 0 Å². The average molecular weight is 301 g/mol. The third-order valence-electron chi connectivity index (χ3n) is 3.90. The standard InChI is InChI=1S/C16H20FN5/c17-14-6-2-1-4-12(14)9-22-7-3-5-13(10-22)21-16-8-15(18)19-11-20-16/h1-2,4,6,8,11,13H,3,5,7,9-10H2,(H3,18,19,20,21)/t13-/m0/s1. The smallest absolute Gasteiger partial charge is 0.131 e. The number of aromatic nitrogens is 2. The summed E-state index contributed by atoms with van der Waals surface area (Å²) in [4.78, 5) is 10.3. The molecule has 0 amide bonds. The van der Waals surface area contributed by atoms with Crippen molar-refractivity contribution in [1.82, 2.24) is 14.9 Å². The third kappa shape index (κ3) is 3.71. The van der Waals surface area contributed by atoms with E-state index in [1.807, 2.05) is 12.1 Å². The lowest BCUT2D eigenvalue weighted by atomic mass is 10.0. The Labute approximate surface area is 129 Å². The van der Waals surface area contributed by atoms with E-state index in [0.29, 0.717) is 12.4 Å². The topological polar surface area (TPSA) is 67.1 Å². The summed E-state index contributed by atoms with van der Waals surface area (Å²) < 4.78 is 13.8. The fraction of sp³-hybridized carbons (Fsp3) is 0.375. The van der Waals surface area contributed by atoms with Gasteiger partial charge in [-0.3, -0.25) is 4.90 Å². The first-order chi connectivity index (χ1) is 10.7. The lowest BCUT2D eigenvalue weighted by Gasteiger charge is -2.33. The Hall–Kier alpha value is -2.21. The monoisotopic (exact) mass is 301 g/mol. The van der Waals surface area contributed by atoms with E-state index < -0.39 is 0 Å². The molecule has 1 aromatic heterocycles. The minimum Gasteiger partial charge on any atom is -0.384 e. The molecule has 0 saturated carbocycles. The molecule has 1 saturated heterocycles. The average Bonchev–Trinajstić information content (AvgIpc) is 2.50. The van der Waals surface area contributed by atoms with Gasteiger partial charge in [0.15, 0.2) is 0 Å². The molecule has 116 valence electrons. The van der Waals surface area contributed by atoms with E-state index in [9.17, 15) is 4.39 Å². The maximum atomic E-state index is 13.8. The summed E-state index contributed by atoms with van der Waals surface area (Å²) in [6.07, 6.45) is 3.60. The number of hydrogen-bond acceptors (Lipinski definition) is 5. The van der Waals surface area contributed by atoms with Gasteiger partial charge >= 0.3 is 0 Å². The van der Waals surface area contributed by atoms with Gasteiger partial charge in [-0.2, -0.15) is 0 Å². The molecule has 0 unspecified atom stereocenters. The normalized spacial score (nSPS) is 19.0. The third-order valence-corrected chi connectivity index (χ3v) is 3.90. The molecular formula is C16H20FN5. The Balaban J connectivity index is 1.61. The van der Waals surface area contributed by atoms with Gasteiger partial charge in [-0.05, 0) is 25.5 Å². The molecule has 1 fully saturated rings. The Bertz CT molecular complexity index is 633. The molecule has 1 aromatic carbocycles. The van der Waals surface area contributed by atoms with Crippen molar-refractivity contribution in [2.45, 2.75) is 25.4 Å². The number of hydrogen-bond donors (Lipinski definition) is 2. The number of piperidine rings is 1. The van der Waals surface area contributed by atoms with Crippen LogP contribution >= 0.6 is 0 Å². The van der Waals surface area contributed by atoms with E-state index in [1.165, 1.54) is 12.4 Å². The minimum atomic E-state index is -0.138. The second-order valence-corrected chi connectivity index (χ2v) is 5.64. The van der Waals surface area contributed by atoms with Crippen molar-refractivity contribution in [3.8, 4) is 0 Å². The van der Waals surface area contributed by atoms with Gasteiger partial charge in [0, 0.05) is 30.8 Å². The molecule has 0 spiro atoms. The van der Waals surface area contributed by atoms with E-state index in [4.69, 9.17) is 5.73 Å². The second-order valence-electron chi connectivity index (χ2n) is 5.64. The lowest BCUT2D eigenvalue weighted by Crippen LogP contribution is -2.41. The van der Waals surface area contributed by atoms with Gasteiger partial charge < -0.3 is 11.1 Å². The SMILES string of the molecule is Nc1cc(N[C@H]2CCCN(Cc3ccccc3F)C2)ncn1. The summed E-state index contributed by atoms with van der Waals surface area (Å²) in [5.74, 6) is 1.06. The molecular weight excluding hydrogens is 281 g/mol. The van der Waals surface area contributed by atoms with Crippen molar-refractivity contribution in [1.29, 1.82) is 0 Å². The van der Waals surface area contributed by atoms with Crippen molar-refractivity contribution in [2.75, 3.05) is 24.1 Å². The van der Waals surface area contributed by atoms with Crippen LogP contribution in [0, 0.1) is 5.82 Å². The number of halogens is 1. The summed E-state index contributed by atoms with van der Waals surface area (Å²) in [6, 6.07) is 8.97. The number of rotatable bonds is 4. The van der Waals surface area contributed by atoms with Crippen molar-refractivity contribution in [3.05, 3.63) is 48.0 Å². The molecule has 3 rings (SSSR count). The zero-order valence-electron chi connectivity index (χ0n) is 12.4. The first-order valence-electron chi connectivity index (χ1n) is 7.50.